The Morgan fingerprint density at radius 1 is 1.14 bits per heavy atom. The summed E-state index contributed by atoms with van der Waals surface area (Å²) >= 11 is 6.07. The van der Waals surface area contributed by atoms with Gasteiger partial charge in [-0.1, -0.05) is 62.4 Å². The maximum Gasteiger partial charge on any atom is 0.256 e. The summed E-state index contributed by atoms with van der Waals surface area (Å²) < 4.78 is 0. The SMILES string of the molecule is C=c1cccc(C(=O)Nc2ccc(Cl)cc2C(=O)NCC(C)C)/c1=C/C=C\C. The molecule has 0 heterocycles. The van der Waals surface area contributed by atoms with E-state index in [0.29, 0.717) is 34.3 Å². The van der Waals surface area contributed by atoms with Crippen LogP contribution in [0.5, 0.6) is 0 Å². The highest BCUT2D eigenvalue weighted by Crippen LogP contribution is 2.21. The van der Waals surface area contributed by atoms with E-state index in [4.69, 9.17) is 11.6 Å². The summed E-state index contributed by atoms with van der Waals surface area (Å²) in [6.45, 7) is 10.4. The highest BCUT2D eigenvalue weighted by molar-refractivity contribution is 6.31. The summed E-state index contributed by atoms with van der Waals surface area (Å²) in [5.41, 5.74) is 1.21. The minimum absolute atomic E-state index is 0.280. The van der Waals surface area contributed by atoms with Crippen LogP contribution >= 0.6 is 11.6 Å². The molecule has 0 unspecified atom stereocenters. The molecule has 0 aromatic heterocycles. The molecule has 0 fully saturated rings. The largest absolute Gasteiger partial charge is 0.352 e. The second-order valence-electron chi connectivity index (χ2n) is 6.82. The van der Waals surface area contributed by atoms with E-state index in [2.05, 4.69) is 17.2 Å². The van der Waals surface area contributed by atoms with Gasteiger partial charge >= 0.3 is 0 Å². The van der Waals surface area contributed by atoms with E-state index in [1.807, 2.05) is 45.1 Å². The molecule has 2 aromatic carbocycles. The molecule has 0 saturated carbocycles. The van der Waals surface area contributed by atoms with E-state index in [0.717, 1.165) is 10.4 Å². The highest BCUT2D eigenvalue weighted by atomic mass is 35.5. The lowest BCUT2D eigenvalue weighted by atomic mass is 10.1. The number of amides is 2. The summed E-state index contributed by atoms with van der Waals surface area (Å²) in [5.74, 6) is -0.287. The van der Waals surface area contributed by atoms with Crippen LogP contribution in [0.3, 0.4) is 0 Å². The van der Waals surface area contributed by atoms with E-state index in [1.54, 1.807) is 30.3 Å². The van der Waals surface area contributed by atoms with Gasteiger partial charge in [-0.3, -0.25) is 9.59 Å². The predicted octanol–water partition coefficient (Wildman–Crippen LogP) is 3.75. The molecule has 2 aromatic rings. The van der Waals surface area contributed by atoms with Crippen molar-refractivity contribution in [3.8, 4) is 0 Å². The third kappa shape index (κ3) is 5.57. The van der Waals surface area contributed by atoms with Crippen molar-refractivity contribution in [3.05, 3.63) is 75.1 Å². The summed E-state index contributed by atoms with van der Waals surface area (Å²) in [7, 11) is 0. The van der Waals surface area contributed by atoms with E-state index < -0.39 is 0 Å². The second-order valence-corrected chi connectivity index (χ2v) is 7.26. The first-order valence-corrected chi connectivity index (χ1v) is 9.51. The molecule has 0 spiro atoms. The van der Waals surface area contributed by atoms with Crippen LogP contribution in [0, 0.1) is 5.92 Å². The number of carbonyl (C=O) groups is 2. The number of carbonyl (C=O) groups excluding carboxylic acids is 2. The molecule has 0 bridgehead atoms. The Labute approximate surface area is 170 Å². The van der Waals surface area contributed by atoms with Crippen molar-refractivity contribution in [3.63, 3.8) is 0 Å². The Bertz CT molecular complexity index is 1010. The molecule has 5 heteroatoms. The van der Waals surface area contributed by atoms with E-state index in [1.165, 1.54) is 0 Å². The average Bonchev–Trinajstić information content (AvgIpc) is 2.66. The van der Waals surface area contributed by atoms with Crippen molar-refractivity contribution in [1.29, 1.82) is 0 Å². The standard InChI is InChI=1S/C23H25ClN2O2/c1-5-6-9-18-16(4)8-7-10-19(18)23(28)26-21-12-11-17(24)13-20(21)22(27)25-14-15(2)3/h5-13,15H,4,14H2,1-3H3,(H,25,27)(H,26,28)/b6-5-,18-9+. The molecule has 2 rings (SSSR count). The molecule has 28 heavy (non-hydrogen) atoms. The number of benzene rings is 2. The third-order valence-corrected chi connectivity index (χ3v) is 4.28. The molecule has 0 aliphatic rings. The number of hydrogen-bond acceptors (Lipinski definition) is 2. The molecule has 0 aliphatic heterocycles. The van der Waals surface area contributed by atoms with Gasteiger partial charge in [0.05, 0.1) is 11.3 Å². The first-order chi connectivity index (χ1) is 13.3. The van der Waals surface area contributed by atoms with Crippen LogP contribution < -0.4 is 21.1 Å². The van der Waals surface area contributed by atoms with Crippen LogP contribution in [0.2, 0.25) is 5.02 Å². The predicted molar refractivity (Wildman–Crippen MR) is 117 cm³/mol. The Kier molecular flexibility index (Phi) is 7.59. The van der Waals surface area contributed by atoms with Crippen LogP contribution in [0.4, 0.5) is 5.69 Å². The normalized spacial score (nSPS) is 11.8. The number of halogens is 1. The lowest BCUT2D eigenvalue weighted by Gasteiger charge is -2.13. The topological polar surface area (TPSA) is 58.2 Å². The van der Waals surface area contributed by atoms with Gasteiger partial charge < -0.3 is 10.6 Å². The van der Waals surface area contributed by atoms with Crippen LogP contribution in [0.15, 0.2) is 48.6 Å². The van der Waals surface area contributed by atoms with Gasteiger partial charge in [-0.05, 0) is 47.5 Å². The van der Waals surface area contributed by atoms with Crippen molar-refractivity contribution < 1.29 is 9.59 Å². The Balaban J connectivity index is 2.39. The second kappa shape index (κ2) is 9.90. The molecule has 2 N–H and O–H groups in total. The Morgan fingerprint density at radius 3 is 2.57 bits per heavy atom. The summed E-state index contributed by atoms with van der Waals surface area (Å²) in [5, 5.41) is 7.60. The number of hydrogen-bond donors (Lipinski definition) is 2. The lowest BCUT2D eigenvalue weighted by molar-refractivity contribution is 0.0950. The van der Waals surface area contributed by atoms with Crippen molar-refractivity contribution in [2.75, 3.05) is 11.9 Å². The van der Waals surface area contributed by atoms with Gasteiger partial charge in [0, 0.05) is 17.1 Å². The zero-order valence-corrected chi connectivity index (χ0v) is 17.1. The number of anilines is 1. The number of rotatable bonds is 6. The fraction of sp³-hybridized carbons (Fsp3) is 0.217. The van der Waals surface area contributed by atoms with Gasteiger partial charge in [0.15, 0.2) is 0 Å². The fourth-order valence-corrected chi connectivity index (χ4v) is 2.77. The monoisotopic (exact) mass is 396 g/mol. The molecule has 0 atom stereocenters. The minimum atomic E-state index is -0.318. The zero-order chi connectivity index (χ0) is 20.7. The van der Waals surface area contributed by atoms with Crippen LogP contribution in [-0.4, -0.2) is 18.4 Å². The van der Waals surface area contributed by atoms with E-state index in [-0.39, 0.29) is 11.8 Å². The van der Waals surface area contributed by atoms with Gasteiger partial charge in [-0.25, -0.2) is 0 Å². The van der Waals surface area contributed by atoms with Crippen LogP contribution in [0.1, 0.15) is 41.5 Å². The van der Waals surface area contributed by atoms with Gasteiger partial charge in [0.2, 0.25) is 0 Å². The average molecular weight is 397 g/mol. The first-order valence-electron chi connectivity index (χ1n) is 9.13. The van der Waals surface area contributed by atoms with Crippen LogP contribution in [-0.2, 0) is 0 Å². The number of allylic oxidation sites excluding steroid dienone is 2. The quantitative estimate of drug-likeness (QED) is 0.781. The first kappa shape index (κ1) is 21.5. The molecule has 0 radical (unpaired) electrons. The molecular formula is C23H25ClN2O2. The maximum absolute atomic E-state index is 12.9. The lowest BCUT2D eigenvalue weighted by Crippen LogP contribution is -2.32. The van der Waals surface area contributed by atoms with Crippen molar-refractivity contribution in [1.82, 2.24) is 5.32 Å². The maximum atomic E-state index is 12.9. The van der Waals surface area contributed by atoms with Gasteiger partial charge in [0.25, 0.3) is 11.8 Å². The third-order valence-electron chi connectivity index (χ3n) is 4.04. The van der Waals surface area contributed by atoms with Crippen molar-refractivity contribution in [2.24, 2.45) is 5.92 Å². The summed E-state index contributed by atoms with van der Waals surface area (Å²) in [4.78, 5) is 25.5. The molecular weight excluding hydrogens is 372 g/mol. The van der Waals surface area contributed by atoms with E-state index in [9.17, 15) is 9.59 Å². The van der Waals surface area contributed by atoms with Crippen LogP contribution in [0.25, 0.3) is 12.7 Å². The molecule has 0 aliphatic carbocycles. The Hall–Kier alpha value is -2.85. The molecule has 146 valence electrons. The van der Waals surface area contributed by atoms with Gasteiger partial charge in [-0.2, -0.15) is 0 Å². The van der Waals surface area contributed by atoms with Gasteiger partial charge in [-0.15, -0.1) is 0 Å². The van der Waals surface area contributed by atoms with E-state index >= 15 is 0 Å². The minimum Gasteiger partial charge on any atom is -0.352 e. The summed E-state index contributed by atoms with van der Waals surface area (Å²) in [6, 6.07) is 10.2. The zero-order valence-electron chi connectivity index (χ0n) is 16.4. The molecule has 0 saturated heterocycles. The summed E-state index contributed by atoms with van der Waals surface area (Å²) in [6.07, 6.45) is 5.58. The fourth-order valence-electron chi connectivity index (χ4n) is 2.60. The van der Waals surface area contributed by atoms with Crippen molar-refractivity contribution in [2.45, 2.75) is 20.8 Å². The number of nitrogens with one attached hydrogen (secondary N) is 2. The Morgan fingerprint density at radius 2 is 1.89 bits per heavy atom. The smallest absolute Gasteiger partial charge is 0.256 e. The highest BCUT2D eigenvalue weighted by Gasteiger charge is 2.16. The van der Waals surface area contributed by atoms with Crippen molar-refractivity contribution >= 4 is 41.8 Å². The molecule has 2 amide bonds. The molecule has 4 nitrogen and oxygen atoms in total. The van der Waals surface area contributed by atoms with Gasteiger partial charge in [0.1, 0.15) is 0 Å².